The molecule has 5 nitrogen and oxygen atoms in total. The van der Waals surface area contributed by atoms with Crippen molar-refractivity contribution >= 4 is 11.9 Å². The van der Waals surface area contributed by atoms with Gasteiger partial charge in [0.25, 0.3) is 0 Å². The Morgan fingerprint density at radius 3 is 2.00 bits per heavy atom. The highest BCUT2D eigenvalue weighted by Crippen LogP contribution is 2.60. The SMILES string of the molecule is COC(=O)C1(C(=O)OC)C[C@@H]1c1ccc(OC)cc1. The number of rotatable bonds is 4. The molecule has 1 saturated carbocycles. The van der Waals surface area contributed by atoms with Gasteiger partial charge in [-0.15, -0.1) is 0 Å². The molecule has 0 radical (unpaired) electrons. The van der Waals surface area contributed by atoms with Crippen LogP contribution in [0.2, 0.25) is 0 Å². The maximum absolute atomic E-state index is 11.9. The van der Waals surface area contributed by atoms with E-state index in [0.717, 1.165) is 11.3 Å². The summed E-state index contributed by atoms with van der Waals surface area (Å²) in [7, 11) is 4.13. The third kappa shape index (κ3) is 2.05. The van der Waals surface area contributed by atoms with Crippen LogP contribution < -0.4 is 4.74 Å². The smallest absolute Gasteiger partial charge is 0.323 e. The molecule has 102 valence electrons. The summed E-state index contributed by atoms with van der Waals surface area (Å²) in [5.41, 5.74) is -0.283. The maximum atomic E-state index is 11.9. The van der Waals surface area contributed by atoms with E-state index in [1.165, 1.54) is 14.2 Å². The summed E-state index contributed by atoms with van der Waals surface area (Å²) < 4.78 is 14.5. The molecule has 1 aliphatic rings. The maximum Gasteiger partial charge on any atom is 0.323 e. The molecule has 0 amide bonds. The quantitative estimate of drug-likeness (QED) is 0.609. The fourth-order valence-electron chi connectivity index (χ4n) is 2.40. The molecule has 1 fully saturated rings. The second-order valence-electron chi connectivity index (χ2n) is 4.48. The van der Waals surface area contributed by atoms with Gasteiger partial charge in [-0.25, -0.2) is 0 Å². The van der Waals surface area contributed by atoms with E-state index in [1.807, 2.05) is 12.1 Å². The predicted molar refractivity (Wildman–Crippen MR) is 66.8 cm³/mol. The Balaban J connectivity index is 2.27. The zero-order chi connectivity index (χ0) is 14.0. The van der Waals surface area contributed by atoms with Crippen LogP contribution in [0, 0.1) is 5.41 Å². The Morgan fingerprint density at radius 1 is 1.05 bits per heavy atom. The van der Waals surface area contributed by atoms with Crippen molar-refractivity contribution in [3.63, 3.8) is 0 Å². The van der Waals surface area contributed by atoms with Gasteiger partial charge in [-0.05, 0) is 24.1 Å². The highest BCUT2D eigenvalue weighted by molar-refractivity contribution is 6.05. The standard InChI is InChI=1S/C14H16O5/c1-17-10-6-4-9(5-7-10)11-8-14(11,12(15)18-2)13(16)19-3/h4-7,11H,8H2,1-3H3/t11-/m1/s1. The molecule has 1 atom stereocenters. The van der Waals surface area contributed by atoms with Crippen LogP contribution in [-0.2, 0) is 19.1 Å². The van der Waals surface area contributed by atoms with E-state index in [0.29, 0.717) is 6.42 Å². The summed E-state index contributed by atoms with van der Waals surface area (Å²) in [4.78, 5) is 23.7. The minimum atomic E-state index is -1.18. The largest absolute Gasteiger partial charge is 0.497 e. The molecule has 19 heavy (non-hydrogen) atoms. The van der Waals surface area contributed by atoms with Gasteiger partial charge in [0.05, 0.1) is 21.3 Å². The number of ether oxygens (including phenoxy) is 3. The van der Waals surface area contributed by atoms with Crippen molar-refractivity contribution in [1.82, 2.24) is 0 Å². The van der Waals surface area contributed by atoms with Crippen LogP contribution in [0.15, 0.2) is 24.3 Å². The molecule has 0 saturated heterocycles. The first-order chi connectivity index (χ1) is 9.09. The highest BCUT2D eigenvalue weighted by Gasteiger charge is 2.68. The normalized spacial score (nSPS) is 19.4. The van der Waals surface area contributed by atoms with Crippen LogP contribution in [0.1, 0.15) is 17.9 Å². The van der Waals surface area contributed by atoms with Crippen LogP contribution >= 0.6 is 0 Å². The third-order valence-corrected chi connectivity index (χ3v) is 3.58. The van der Waals surface area contributed by atoms with Crippen LogP contribution in [0.5, 0.6) is 5.75 Å². The lowest BCUT2D eigenvalue weighted by atomic mass is 9.99. The molecular formula is C14H16O5. The summed E-state index contributed by atoms with van der Waals surface area (Å²) in [6.07, 6.45) is 0.415. The molecule has 2 rings (SSSR count). The molecule has 0 bridgehead atoms. The fourth-order valence-corrected chi connectivity index (χ4v) is 2.40. The van der Waals surface area contributed by atoms with Crippen molar-refractivity contribution in [1.29, 1.82) is 0 Å². The Kier molecular flexibility index (Phi) is 3.46. The first-order valence-electron chi connectivity index (χ1n) is 5.91. The minimum Gasteiger partial charge on any atom is -0.497 e. The highest BCUT2D eigenvalue weighted by atomic mass is 16.5. The van der Waals surface area contributed by atoms with Crippen molar-refractivity contribution in [2.24, 2.45) is 5.41 Å². The zero-order valence-electron chi connectivity index (χ0n) is 11.1. The lowest BCUT2D eigenvalue weighted by Gasteiger charge is -2.12. The molecular weight excluding hydrogens is 248 g/mol. The van der Waals surface area contributed by atoms with Gasteiger partial charge < -0.3 is 14.2 Å². The van der Waals surface area contributed by atoms with E-state index in [-0.39, 0.29) is 5.92 Å². The van der Waals surface area contributed by atoms with E-state index in [1.54, 1.807) is 19.2 Å². The van der Waals surface area contributed by atoms with Gasteiger partial charge in [-0.2, -0.15) is 0 Å². The van der Waals surface area contributed by atoms with Gasteiger partial charge >= 0.3 is 11.9 Å². The van der Waals surface area contributed by atoms with Crippen molar-refractivity contribution in [2.75, 3.05) is 21.3 Å². The molecule has 0 heterocycles. The van der Waals surface area contributed by atoms with Crippen LogP contribution in [0.3, 0.4) is 0 Å². The molecule has 1 aromatic carbocycles. The summed E-state index contributed by atoms with van der Waals surface area (Å²) in [6.45, 7) is 0. The first-order valence-corrected chi connectivity index (χ1v) is 5.91. The van der Waals surface area contributed by atoms with E-state index in [4.69, 9.17) is 14.2 Å². The van der Waals surface area contributed by atoms with Crippen LogP contribution in [0.25, 0.3) is 0 Å². The van der Waals surface area contributed by atoms with Gasteiger partial charge in [0.15, 0.2) is 5.41 Å². The Morgan fingerprint density at radius 2 is 1.58 bits per heavy atom. The van der Waals surface area contributed by atoms with Crippen molar-refractivity contribution in [3.8, 4) is 5.75 Å². The fraction of sp³-hybridized carbons (Fsp3) is 0.429. The zero-order valence-corrected chi connectivity index (χ0v) is 11.1. The average Bonchev–Trinajstić information content (AvgIpc) is 3.22. The summed E-state index contributed by atoms with van der Waals surface area (Å²) in [5, 5.41) is 0. The second-order valence-corrected chi connectivity index (χ2v) is 4.48. The Labute approximate surface area is 111 Å². The molecule has 1 aliphatic carbocycles. The monoisotopic (exact) mass is 264 g/mol. The van der Waals surface area contributed by atoms with Crippen LogP contribution in [-0.4, -0.2) is 33.3 Å². The van der Waals surface area contributed by atoms with Gasteiger partial charge in [0, 0.05) is 5.92 Å². The van der Waals surface area contributed by atoms with Crippen molar-refractivity contribution in [2.45, 2.75) is 12.3 Å². The summed E-state index contributed by atoms with van der Waals surface area (Å²) >= 11 is 0. The number of hydrogen-bond acceptors (Lipinski definition) is 5. The molecule has 1 aromatic rings. The summed E-state index contributed by atoms with van der Waals surface area (Å²) in [5.74, 6) is -0.551. The number of hydrogen-bond donors (Lipinski definition) is 0. The van der Waals surface area contributed by atoms with Crippen LogP contribution in [0.4, 0.5) is 0 Å². The average molecular weight is 264 g/mol. The lowest BCUT2D eigenvalue weighted by molar-refractivity contribution is -0.161. The van der Waals surface area contributed by atoms with Gasteiger partial charge in [-0.3, -0.25) is 9.59 Å². The molecule has 5 heteroatoms. The number of methoxy groups -OCH3 is 3. The lowest BCUT2D eigenvalue weighted by Crippen LogP contribution is -2.30. The number of carbonyl (C=O) groups excluding carboxylic acids is 2. The van der Waals surface area contributed by atoms with Gasteiger partial charge in [-0.1, -0.05) is 12.1 Å². The molecule has 0 N–H and O–H groups in total. The van der Waals surface area contributed by atoms with E-state index in [2.05, 4.69) is 0 Å². The first kappa shape index (κ1) is 13.4. The Bertz CT molecular complexity index is 475. The minimum absolute atomic E-state index is 0.196. The summed E-state index contributed by atoms with van der Waals surface area (Å²) in [6, 6.07) is 7.29. The number of esters is 2. The topological polar surface area (TPSA) is 61.8 Å². The Hall–Kier alpha value is -2.04. The second kappa shape index (κ2) is 4.91. The molecule has 0 aliphatic heterocycles. The van der Waals surface area contributed by atoms with Crippen molar-refractivity contribution < 1.29 is 23.8 Å². The van der Waals surface area contributed by atoms with Gasteiger partial charge in [0.2, 0.25) is 0 Å². The van der Waals surface area contributed by atoms with E-state index in [9.17, 15) is 9.59 Å². The molecule has 0 spiro atoms. The van der Waals surface area contributed by atoms with E-state index < -0.39 is 17.4 Å². The number of benzene rings is 1. The third-order valence-electron chi connectivity index (χ3n) is 3.58. The van der Waals surface area contributed by atoms with Crippen molar-refractivity contribution in [3.05, 3.63) is 29.8 Å². The molecule has 0 unspecified atom stereocenters. The van der Waals surface area contributed by atoms with Gasteiger partial charge in [0.1, 0.15) is 5.75 Å². The number of carbonyl (C=O) groups is 2. The van der Waals surface area contributed by atoms with E-state index >= 15 is 0 Å². The molecule has 0 aromatic heterocycles. The predicted octanol–water partition coefficient (Wildman–Crippen LogP) is 1.51.